The number of benzene rings is 6. The van der Waals surface area contributed by atoms with Crippen molar-refractivity contribution < 1.29 is 0 Å². The van der Waals surface area contributed by atoms with Crippen molar-refractivity contribution in [2.45, 2.75) is 24.8 Å². The van der Waals surface area contributed by atoms with Gasteiger partial charge in [0.1, 0.15) is 0 Å². The van der Waals surface area contributed by atoms with Gasteiger partial charge in [0.05, 0.1) is 17.1 Å². The number of allylic oxidation sites excluding steroid dienone is 6. The summed E-state index contributed by atoms with van der Waals surface area (Å²) in [4.78, 5) is 2.55. The lowest BCUT2D eigenvalue weighted by atomic mass is 9.85. The van der Waals surface area contributed by atoms with Crippen LogP contribution in [0.4, 0.5) is 11.4 Å². The molecule has 238 valence electrons. The van der Waals surface area contributed by atoms with Crippen LogP contribution >= 0.6 is 0 Å². The van der Waals surface area contributed by atoms with Crippen molar-refractivity contribution in [2.24, 2.45) is 0 Å². The third kappa shape index (κ3) is 4.56. The standard InChI is InChI=1S/C48H36N2/c1-3-15-33(16-4-1)35-19-11-21-37(31-35)49-43-27-9-7-23-41(43)47-39(25-13-29-45(47)49)40-26-14-30-46-48(40)42-24-8-10-28-44(42)50(46)38-22-12-20-36(32-38)34-17-5-2-6-18-34/h1,3-5,7-32,41,43H,2,6H2. The summed E-state index contributed by atoms with van der Waals surface area (Å²) in [6.45, 7) is 0. The van der Waals surface area contributed by atoms with Crippen LogP contribution in [0.2, 0.25) is 0 Å². The van der Waals surface area contributed by atoms with E-state index in [1.807, 2.05) is 0 Å². The van der Waals surface area contributed by atoms with E-state index in [4.69, 9.17) is 0 Å². The van der Waals surface area contributed by atoms with Crippen LogP contribution in [0.5, 0.6) is 0 Å². The molecule has 2 unspecified atom stereocenters. The number of nitrogens with zero attached hydrogens (tertiary/aromatic N) is 2. The Hall–Kier alpha value is -6.12. The number of hydrogen-bond acceptors (Lipinski definition) is 1. The fraction of sp³-hybridized carbons (Fsp3) is 0.0833. The van der Waals surface area contributed by atoms with Gasteiger partial charge in [-0.1, -0.05) is 140 Å². The Morgan fingerprint density at radius 1 is 0.540 bits per heavy atom. The van der Waals surface area contributed by atoms with Crippen LogP contribution in [-0.4, -0.2) is 10.6 Å². The first-order valence-electron chi connectivity index (χ1n) is 17.8. The van der Waals surface area contributed by atoms with Gasteiger partial charge in [-0.15, -0.1) is 0 Å². The van der Waals surface area contributed by atoms with E-state index in [9.17, 15) is 0 Å². The Morgan fingerprint density at radius 3 is 2.16 bits per heavy atom. The van der Waals surface area contributed by atoms with Gasteiger partial charge in [-0.2, -0.15) is 0 Å². The Balaban J connectivity index is 1.17. The fourth-order valence-corrected chi connectivity index (χ4v) is 8.57. The van der Waals surface area contributed by atoms with Crippen LogP contribution in [0.1, 0.15) is 29.9 Å². The van der Waals surface area contributed by atoms with Crippen LogP contribution in [-0.2, 0) is 0 Å². The molecule has 2 heterocycles. The van der Waals surface area contributed by atoms with E-state index in [0.717, 1.165) is 12.8 Å². The molecule has 10 rings (SSSR count). The minimum absolute atomic E-state index is 0.202. The van der Waals surface area contributed by atoms with E-state index in [0.29, 0.717) is 0 Å². The largest absolute Gasteiger partial charge is 0.333 e. The quantitative estimate of drug-likeness (QED) is 0.182. The van der Waals surface area contributed by atoms with Gasteiger partial charge in [0.15, 0.2) is 0 Å². The second kappa shape index (κ2) is 11.8. The predicted octanol–water partition coefficient (Wildman–Crippen LogP) is 12.6. The average Bonchev–Trinajstić information content (AvgIpc) is 3.72. The molecule has 2 atom stereocenters. The molecule has 0 radical (unpaired) electrons. The highest BCUT2D eigenvalue weighted by atomic mass is 15.2. The molecule has 0 saturated carbocycles. The summed E-state index contributed by atoms with van der Waals surface area (Å²) in [5.74, 6) is 0.240. The highest BCUT2D eigenvalue weighted by Crippen LogP contribution is 2.53. The lowest BCUT2D eigenvalue weighted by molar-refractivity contribution is 0.745. The highest BCUT2D eigenvalue weighted by molar-refractivity contribution is 6.16. The van der Waals surface area contributed by atoms with Crippen LogP contribution in [0.15, 0.2) is 182 Å². The van der Waals surface area contributed by atoms with Crippen molar-refractivity contribution in [3.05, 3.63) is 193 Å². The number of hydrogen-bond donors (Lipinski definition) is 0. The predicted molar refractivity (Wildman–Crippen MR) is 211 cm³/mol. The minimum Gasteiger partial charge on any atom is -0.333 e. The Labute approximate surface area is 293 Å². The van der Waals surface area contributed by atoms with Crippen molar-refractivity contribution in [1.29, 1.82) is 0 Å². The zero-order valence-corrected chi connectivity index (χ0v) is 27.8. The van der Waals surface area contributed by atoms with Crippen molar-refractivity contribution in [3.8, 4) is 27.9 Å². The molecule has 3 aliphatic rings. The van der Waals surface area contributed by atoms with Gasteiger partial charge in [0.2, 0.25) is 0 Å². The van der Waals surface area contributed by atoms with Gasteiger partial charge in [-0.25, -0.2) is 0 Å². The molecule has 1 aliphatic heterocycles. The molecule has 0 N–H and O–H groups in total. The zero-order valence-electron chi connectivity index (χ0n) is 27.8. The van der Waals surface area contributed by atoms with Crippen molar-refractivity contribution in [2.75, 3.05) is 4.90 Å². The molecular formula is C48H36N2. The molecule has 1 aromatic heterocycles. The molecule has 2 aliphatic carbocycles. The number of rotatable bonds is 5. The summed E-state index contributed by atoms with van der Waals surface area (Å²) in [5.41, 5.74) is 15.2. The van der Waals surface area contributed by atoms with E-state index < -0.39 is 0 Å². The Kier molecular flexibility index (Phi) is 6.80. The van der Waals surface area contributed by atoms with E-state index in [1.165, 1.54) is 77.8 Å². The fourth-order valence-electron chi connectivity index (χ4n) is 8.57. The van der Waals surface area contributed by atoms with Crippen molar-refractivity contribution >= 4 is 38.8 Å². The second-order valence-electron chi connectivity index (χ2n) is 13.6. The average molecular weight is 641 g/mol. The molecule has 6 aromatic carbocycles. The maximum atomic E-state index is 2.55. The number of aromatic nitrogens is 1. The summed E-state index contributed by atoms with van der Waals surface area (Å²) in [6.07, 6.45) is 18.3. The van der Waals surface area contributed by atoms with Gasteiger partial charge in [0, 0.05) is 33.8 Å². The molecule has 7 aromatic rings. The van der Waals surface area contributed by atoms with E-state index in [1.54, 1.807) is 0 Å². The van der Waals surface area contributed by atoms with Crippen molar-refractivity contribution in [3.63, 3.8) is 0 Å². The van der Waals surface area contributed by atoms with Crippen molar-refractivity contribution in [1.82, 2.24) is 4.57 Å². The van der Waals surface area contributed by atoms with Gasteiger partial charge in [-0.3, -0.25) is 0 Å². The SMILES string of the molecule is C1=CC2c3c(-c4cccc5c4c4ccccc4n5-c4cccc(C5=CCCC=C5)c4)cccc3N(c3cccc(-c4ccccc4)c3)C2C=C1. The minimum atomic E-state index is 0.202. The van der Waals surface area contributed by atoms with Gasteiger partial charge in [0.25, 0.3) is 0 Å². The second-order valence-corrected chi connectivity index (χ2v) is 13.6. The van der Waals surface area contributed by atoms with E-state index in [-0.39, 0.29) is 12.0 Å². The molecule has 0 fully saturated rings. The molecule has 0 bridgehead atoms. The first-order chi connectivity index (χ1) is 24.8. The number of para-hydroxylation sites is 1. The maximum Gasteiger partial charge on any atom is 0.0629 e. The van der Waals surface area contributed by atoms with Gasteiger partial charge < -0.3 is 9.47 Å². The summed E-state index contributed by atoms with van der Waals surface area (Å²) in [6, 6.07) is 51.7. The first-order valence-corrected chi connectivity index (χ1v) is 17.8. The third-order valence-corrected chi connectivity index (χ3v) is 10.7. The molecule has 2 nitrogen and oxygen atoms in total. The van der Waals surface area contributed by atoms with Crippen LogP contribution in [0, 0.1) is 0 Å². The molecule has 2 heteroatoms. The van der Waals surface area contributed by atoms with Crippen LogP contribution < -0.4 is 4.90 Å². The summed E-state index contributed by atoms with van der Waals surface area (Å²) < 4.78 is 2.46. The molecular weight excluding hydrogens is 605 g/mol. The smallest absolute Gasteiger partial charge is 0.0629 e. The highest BCUT2D eigenvalue weighted by Gasteiger charge is 2.39. The monoisotopic (exact) mass is 640 g/mol. The Bertz CT molecular complexity index is 2560. The lowest BCUT2D eigenvalue weighted by Gasteiger charge is -2.29. The van der Waals surface area contributed by atoms with E-state index in [2.05, 4.69) is 192 Å². The first kappa shape index (κ1) is 28.9. The summed E-state index contributed by atoms with van der Waals surface area (Å²) in [7, 11) is 0. The molecule has 0 amide bonds. The van der Waals surface area contributed by atoms with Gasteiger partial charge in [-0.05, 0) is 94.3 Å². The van der Waals surface area contributed by atoms with E-state index >= 15 is 0 Å². The zero-order chi connectivity index (χ0) is 33.0. The third-order valence-electron chi connectivity index (χ3n) is 10.7. The number of anilines is 2. The summed E-state index contributed by atoms with van der Waals surface area (Å²) >= 11 is 0. The lowest BCUT2D eigenvalue weighted by Crippen LogP contribution is -2.28. The maximum absolute atomic E-state index is 2.55. The molecule has 0 spiro atoms. The summed E-state index contributed by atoms with van der Waals surface area (Å²) in [5, 5.41) is 2.58. The Morgan fingerprint density at radius 2 is 1.26 bits per heavy atom. The van der Waals surface area contributed by atoms with Crippen LogP contribution in [0.3, 0.4) is 0 Å². The normalized spacial score (nSPS) is 17.7. The van der Waals surface area contributed by atoms with Crippen LogP contribution in [0.25, 0.3) is 55.3 Å². The topological polar surface area (TPSA) is 8.17 Å². The number of fused-ring (bicyclic) bond motifs is 6. The molecule has 50 heavy (non-hydrogen) atoms. The van der Waals surface area contributed by atoms with Gasteiger partial charge >= 0.3 is 0 Å². The molecule has 0 saturated heterocycles.